The van der Waals surface area contributed by atoms with E-state index >= 15 is 0 Å². The smallest absolute Gasteiger partial charge is 0.220 e. The number of hydrogen-bond donors (Lipinski definition) is 1. The Bertz CT molecular complexity index is 352. The zero-order chi connectivity index (χ0) is 19.6. The molecule has 1 amide bonds. The quantitative estimate of drug-likeness (QED) is 0.278. The Morgan fingerprint density at radius 2 is 1.15 bits per heavy atom. The molecule has 0 saturated heterocycles. The summed E-state index contributed by atoms with van der Waals surface area (Å²) in [5, 5.41) is 2.90. The highest BCUT2D eigenvalue weighted by atomic mass is 16.2. The predicted octanol–water partition coefficient (Wildman–Crippen LogP) is 6.59. The van der Waals surface area contributed by atoms with Crippen LogP contribution in [0.3, 0.4) is 0 Å². The van der Waals surface area contributed by atoms with Crippen molar-refractivity contribution in [3.63, 3.8) is 0 Å². The topological polar surface area (TPSA) is 46.2 Å². The van der Waals surface area contributed by atoms with Gasteiger partial charge in [0.25, 0.3) is 0 Å². The van der Waals surface area contributed by atoms with Crippen molar-refractivity contribution in [2.75, 3.05) is 0 Å². The molecule has 26 heavy (non-hydrogen) atoms. The first-order chi connectivity index (χ1) is 12.5. The monoisotopic (exact) mass is 367 g/mol. The van der Waals surface area contributed by atoms with Crippen molar-refractivity contribution in [3.05, 3.63) is 0 Å². The van der Waals surface area contributed by atoms with Crippen LogP contribution in [-0.4, -0.2) is 17.7 Å². The molecule has 0 heterocycles. The summed E-state index contributed by atoms with van der Waals surface area (Å²) in [7, 11) is 0. The van der Waals surface area contributed by atoms with Crippen molar-refractivity contribution < 1.29 is 9.59 Å². The van der Waals surface area contributed by atoms with Crippen LogP contribution in [-0.2, 0) is 9.59 Å². The zero-order valence-corrected chi connectivity index (χ0v) is 18.1. The normalized spacial score (nSPS) is 12.3. The van der Waals surface area contributed by atoms with Crippen molar-refractivity contribution in [2.45, 2.75) is 130 Å². The van der Waals surface area contributed by atoms with E-state index in [1.807, 2.05) is 0 Å². The largest absolute Gasteiger partial charge is 0.346 e. The molecule has 154 valence electrons. The molecule has 0 aromatic heterocycles. The third-order valence-corrected chi connectivity index (χ3v) is 5.04. The zero-order valence-electron chi connectivity index (χ0n) is 18.1. The fourth-order valence-corrected chi connectivity index (χ4v) is 3.37. The molecule has 0 aliphatic rings. The Morgan fingerprint density at radius 1 is 0.731 bits per heavy atom. The predicted molar refractivity (Wildman–Crippen MR) is 112 cm³/mol. The molecule has 3 nitrogen and oxygen atoms in total. The minimum absolute atomic E-state index is 0.0360. The molecule has 0 aliphatic carbocycles. The van der Waals surface area contributed by atoms with Gasteiger partial charge in [0.05, 0.1) is 6.04 Å². The average Bonchev–Trinajstić information content (AvgIpc) is 2.58. The van der Waals surface area contributed by atoms with Gasteiger partial charge in [0, 0.05) is 6.42 Å². The van der Waals surface area contributed by atoms with Crippen LogP contribution < -0.4 is 5.32 Å². The summed E-state index contributed by atoms with van der Waals surface area (Å²) < 4.78 is 0. The number of unbranched alkanes of at least 4 members (excludes halogenated alkanes) is 12. The molecule has 0 spiro atoms. The molecule has 0 aliphatic heterocycles. The van der Waals surface area contributed by atoms with Crippen LogP contribution in [0.4, 0.5) is 0 Å². The van der Waals surface area contributed by atoms with E-state index in [1.165, 1.54) is 70.6 Å². The Kier molecular flexibility index (Phi) is 17.0. The first-order valence-corrected chi connectivity index (χ1v) is 11.3. The van der Waals surface area contributed by atoms with Gasteiger partial charge in [-0.3, -0.25) is 9.59 Å². The highest BCUT2D eigenvalue weighted by molar-refractivity contribution is 5.87. The number of amides is 1. The molecule has 3 heteroatoms. The molecule has 0 bridgehead atoms. The van der Waals surface area contributed by atoms with E-state index in [2.05, 4.69) is 26.1 Å². The van der Waals surface area contributed by atoms with Crippen LogP contribution in [0, 0.1) is 5.92 Å². The fraction of sp³-hybridized carbons (Fsp3) is 0.913. The number of carbonyl (C=O) groups is 2. The van der Waals surface area contributed by atoms with Gasteiger partial charge in [-0.1, -0.05) is 97.8 Å². The summed E-state index contributed by atoms with van der Waals surface area (Å²) in [5.41, 5.74) is 0. The Hall–Kier alpha value is -0.860. The maximum absolute atomic E-state index is 12.0. The lowest BCUT2D eigenvalue weighted by Crippen LogP contribution is -2.40. The van der Waals surface area contributed by atoms with Crippen molar-refractivity contribution in [2.24, 2.45) is 5.92 Å². The Labute approximate surface area is 163 Å². The summed E-state index contributed by atoms with van der Waals surface area (Å²) in [4.78, 5) is 23.6. The van der Waals surface area contributed by atoms with E-state index in [9.17, 15) is 9.59 Å². The lowest BCUT2D eigenvalue weighted by molar-refractivity contribution is -0.127. The van der Waals surface area contributed by atoms with Gasteiger partial charge in [-0.2, -0.15) is 0 Å². The highest BCUT2D eigenvalue weighted by Gasteiger charge is 2.17. The van der Waals surface area contributed by atoms with Crippen molar-refractivity contribution in [1.82, 2.24) is 5.32 Å². The van der Waals surface area contributed by atoms with E-state index in [-0.39, 0.29) is 17.7 Å². The highest BCUT2D eigenvalue weighted by Crippen LogP contribution is 2.13. The molecule has 0 radical (unpaired) electrons. The molecule has 0 unspecified atom stereocenters. The maximum Gasteiger partial charge on any atom is 0.220 e. The third kappa shape index (κ3) is 16.6. The first-order valence-electron chi connectivity index (χ1n) is 11.3. The number of nitrogens with one attached hydrogen (secondary N) is 1. The SMILES string of the molecule is CCCCCCCCCCCCCCCC(=O)N[C@@H](CC(C)C)C(C)=O. The number of hydrogen-bond acceptors (Lipinski definition) is 2. The van der Waals surface area contributed by atoms with Crippen LogP contribution in [0.15, 0.2) is 0 Å². The van der Waals surface area contributed by atoms with Crippen LogP contribution in [0.5, 0.6) is 0 Å². The van der Waals surface area contributed by atoms with Gasteiger partial charge in [-0.25, -0.2) is 0 Å². The lowest BCUT2D eigenvalue weighted by Gasteiger charge is -2.17. The molecule has 0 aromatic carbocycles. The minimum Gasteiger partial charge on any atom is -0.346 e. The van der Waals surface area contributed by atoms with Crippen molar-refractivity contribution in [1.29, 1.82) is 0 Å². The van der Waals surface area contributed by atoms with E-state index in [0.29, 0.717) is 12.3 Å². The molecule has 1 N–H and O–H groups in total. The molecular formula is C23H45NO2. The third-order valence-electron chi connectivity index (χ3n) is 5.04. The van der Waals surface area contributed by atoms with Crippen molar-refractivity contribution >= 4 is 11.7 Å². The van der Waals surface area contributed by atoms with E-state index < -0.39 is 0 Å². The standard InChI is InChI=1S/C23H45NO2/c1-5-6-7-8-9-10-11-12-13-14-15-16-17-18-23(26)24-22(21(4)25)19-20(2)3/h20,22H,5-19H2,1-4H3,(H,24,26)/t22-/m0/s1. The second-order valence-corrected chi connectivity index (χ2v) is 8.35. The van der Waals surface area contributed by atoms with E-state index in [4.69, 9.17) is 0 Å². The molecule has 0 fully saturated rings. The molecule has 0 rings (SSSR count). The maximum atomic E-state index is 12.0. The first kappa shape index (κ1) is 25.1. The van der Waals surface area contributed by atoms with Crippen LogP contribution >= 0.6 is 0 Å². The summed E-state index contributed by atoms with van der Waals surface area (Å²) in [6.07, 6.45) is 18.3. The second-order valence-electron chi connectivity index (χ2n) is 8.35. The Morgan fingerprint density at radius 3 is 1.54 bits per heavy atom. The molecule has 0 aromatic rings. The number of Topliss-reactive ketones (excluding diaryl/α,β-unsaturated/α-hetero) is 1. The van der Waals surface area contributed by atoms with Gasteiger partial charge >= 0.3 is 0 Å². The lowest BCUT2D eigenvalue weighted by atomic mass is 10.0. The van der Waals surface area contributed by atoms with Crippen LogP contribution in [0.2, 0.25) is 0 Å². The van der Waals surface area contributed by atoms with Crippen molar-refractivity contribution in [3.8, 4) is 0 Å². The van der Waals surface area contributed by atoms with Gasteiger partial charge in [-0.05, 0) is 25.7 Å². The van der Waals surface area contributed by atoms with Gasteiger partial charge in [0.2, 0.25) is 5.91 Å². The van der Waals surface area contributed by atoms with Crippen LogP contribution in [0.25, 0.3) is 0 Å². The summed E-state index contributed by atoms with van der Waals surface area (Å²) in [5.74, 6) is 0.520. The van der Waals surface area contributed by atoms with Gasteiger partial charge in [0.15, 0.2) is 5.78 Å². The number of rotatable bonds is 18. The van der Waals surface area contributed by atoms with Gasteiger partial charge < -0.3 is 5.32 Å². The minimum atomic E-state index is -0.301. The molecular weight excluding hydrogens is 322 g/mol. The van der Waals surface area contributed by atoms with Gasteiger partial charge in [0.1, 0.15) is 0 Å². The number of ketones is 1. The molecule has 1 atom stereocenters. The molecule has 0 saturated carbocycles. The Balaban J connectivity index is 3.46. The summed E-state index contributed by atoms with van der Waals surface area (Å²) in [6.45, 7) is 7.99. The average molecular weight is 368 g/mol. The van der Waals surface area contributed by atoms with E-state index in [1.54, 1.807) is 6.92 Å². The summed E-state index contributed by atoms with van der Waals surface area (Å²) in [6, 6.07) is -0.301. The fourth-order valence-electron chi connectivity index (χ4n) is 3.37. The second kappa shape index (κ2) is 17.5. The van der Waals surface area contributed by atoms with Crippen LogP contribution in [0.1, 0.15) is 124 Å². The number of carbonyl (C=O) groups excluding carboxylic acids is 2. The summed E-state index contributed by atoms with van der Waals surface area (Å²) >= 11 is 0. The van der Waals surface area contributed by atoms with Gasteiger partial charge in [-0.15, -0.1) is 0 Å². The van der Waals surface area contributed by atoms with E-state index in [0.717, 1.165) is 19.3 Å².